The number of benzene rings is 2. The number of ether oxygens (including phenoxy) is 1. The highest BCUT2D eigenvalue weighted by Crippen LogP contribution is 2.19. The normalized spacial score (nSPS) is 10.6. The Hall–Kier alpha value is -2.64. The van der Waals surface area contributed by atoms with Gasteiger partial charge in [0.2, 0.25) is 5.91 Å². The van der Waals surface area contributed by atoms with Gasteiger partial charge in [-0.05, 0) is 49.3 Å². The first-order valence-electron chi connectivity index (χ1n) is 9.79. The highest BCUT2D eigenvalue weighted by atomic mass is 32.2. The molecule has 0 unspecified atom stereocenters. The second-order valence-electron chi connectivity index (χ2n) is 6.97. The van der Waals surface area contributed by atoms with E-state index in [1.807, 2.05) is 12.1 Å². The summed E-state index contributed by atoms with van der Waals surface area (Å²) in [5, 5.41) is 2.80. The summed E-state index contributed by atoms with van der Waals surface area (Å²) in [5.41, 5.74) is 8.98. The molecule has 0 aromatic heterocycles. The molecule has 3 N–H and O–H groups in total. The summed E-state index contributed by atoms with van der Waals surface area (Å²) in [6.45, 7) is 2.20. The minimum absolute atomic E-state index is 0.0142. The van der Waals surface area contributed by atoms with Crippen LogP contribution >= 0.6 is 11.8 Å². The van der Waals surface area contributed by atoms with Crippen LogP contribution in [0.15, 0.2) is 42.5 Å². The van der Waals surface area contributed by atoms with E-state index in [1.165, 1.54) is 18.7 Å². The highest BCUT2D eigenvalue weighted by Gasteiger charge is 2.11. The topological polar surface area (TPSA) is 98.5 Å². The van der Waals surface area contributed by atoms with Crippen LogP contribution in [0, 0.1) is 0 Å². The van der Waals surface area contributed by atoms with Crippen molar-refractivity contribution in [1.29, 1.82) is 0 Å². The van der Waals surface area contributed by atoms with Crippen molar-refractivity contribution in [2.45, 2.75) is 26.2 Å². The number of thioether (sulfide) groups is 1. The third-order valence-electron chi connectivity index (χ3n) is 4.43. The first-order chi connectivity index (χ1) is 14.4. The maximum Gasteiger partial charge on any atom is 0.234 e. The second-order valence-corrected chi connectivity index (χ2v) is 8.07. The Morgan fingerprint density at radius 2 is 1.80 bits per heavy atom. The molecule has 1 amide bonds. The minimum atomic E-state index is -0.132. The van der Waals surface area contributed by atoms with Crippen molar-refractivity contribution in [3.8, 4) is 0 Å². The fraction of sp³-hybridized carbons (Fsp3) is 0.348. The number of hydrogen-bond acceptors (Lipinski definition) is 6. The van der Waals surface area contributed by atoms with Crippen LogP contribution in [0.5, 0.6) is 0 Å². The molecule has 2 aromatic carbocycles. The van der Waals surface area contributed by atoms with Gasteiger partial charge in [0.1, 0.15) is 0 Å². The molecule has 0 aliphatic carbocycles. The van der Waals surface area contributed by atoms with Gasteiger partial charge in [0, 0.05) is 42.6 Å². The molecule has 0 atom stereocenters. The molecule has 2 aromatic rings. The molecule has 7 heteroatoms. The van der Waals surface area contributed by atoms with Crippen LogP contribution in [0.3, 0.4) is 0 Å². The fourth-order valence-electron chi connectivity index (χ4n) is 2.86. The molecule has 0 fully saturated rings. The van der Waals surface area contributed by atoms with E-state index in [0.29, 0.717) is 47.7 Å². The minimum Gasteiger partial charge on any atom is -0.399 e. The lowest BCUT2D eigenvalue weighted by molar-refractivity contribution is -0.113. The smallest absolute Gasteiger partial charge is 0.234 e. The van der Waals surface area contributed by atoms with Gasteiger partial charge in [0.05, 0.1) is 5.75 Å². The van der Waals surface area contributed by atoms with E-state index in [9.17, 15) is 14.4 Å². The zero-order valence-electron chi connectivity index (χ0n) is 17.4. The fourth-order valence-corrected chi connectivity index (χ4v) is 3.58. The van der Waals surface area contributed by atoms with Crippen LogP contribution in [-0.2, 0) is 16.0 Å². The number of nitrogen functional groups attached to an aromatic ring is 1. The maximum atomic E-state index is 12.6. The van der Waals surface area contributed by atoms with Crippen molar-refractivity contribution in [3.63, 3.8) is 0 Å². The molecule has 0 spiro atoms. The van der Waals surface area contributed by atoms with Crippen LogP contribution in [-0.4, -0.2) is 42.7 Å². The summed E-state index contributed by atoms with van der Waals surface area (Å²) in [7, 11) is 1.65. The van der Waals surface area contributed by atoms with Crippen molar-refractivity contribution in [3.05, 3.63) is 59.2 Å². The summed E-state index contributed by atoms with van der Waals surface area (Å²) in [6, 6.07) is 12.2. The molecule has 0 aliphatic rings. The molecule has 160 valence electrons. The standard InChI is InChI=1S/C23H28N2O4S/c1-16(26)18-7-4-17(5-8-18)6-9-22(27)19-12-20(24)14-21(13-19)25-23(28)15-30-11-3-10-29-2/h4-5,7-8,12-14H,3,6,9-11,15,24H2,1-2H3,(H,25,28). The quantitative estimate of drug-likeness (QED) is 0.301. The molecular formula is C23H28N2O4S. The van der Waals surface area contributed by atoms with Crippen molar-refractivity contribution < 1.29 is 19.1 Å². The van der Waals surface area contributed by atoms with Crippen LogP contribution in [0.1, 0.15) is 46.0 Å². The molecule has 0 saturated carbocycles. The summed E-state index contributed by atoms with van der Waals surface area (Å²) in [5.74, 6) is 1.00. The highest BCUT2D eigenvalue weighted by molar-refractivity contribution is 7.99. The number of methoxy groups -OCH3 is 1. The van der Waals surface area contributed by atoms with E-state index in [2.05, 4.69) is 5.32 Å². The summed E-state index contributed by atoms with van der Waals surface area (Å²) in [4.78, 5) is 36.1. The Balaban J connectivity index is 1.90. The maximum absolute atomic E-state index is 12.6. The average molecular weight is 429 g/mol. The van der Waals surface area contributed by atoms with Crippen molar-refractivity contribution in [2.75, 3.05) is 36.3 Å². The monoisotopic (exact) mass is 428 g/mol. The molecule has 30 heavy (non-hydrogen) atoms. The van der Waals surface area contributed by atoms with Crippen molar-refractivity contribution in [2.24, 2.45) is 0 Å². The van der Waals surface area contributed by atoms with E-state index in [0.717, 1.165) is 17.7 Å². The van der Waals surface area contributed by atoms with Gasteiger partial charge < -0.3 is 15.8 Å². The van der Waals surface area contributed by atoms with Crippen LogP contribution < -0.4 is 11.1 Å². The van der Waals surface area contributed by atoms with Crippen LogP contribution in [0.4, 0.5) is 11.4 Å². The number of amides is 1. The number of hydrogen-bond donors (Lipinski definition) is 2. The van der Waals surface area contributed by atoms with E-state index >= 15 is 0 Å². The largest absolute Gasteiger partial charge is 0.399 e. The second kappa shape index (κ2) is 12.1. The third kappa shape index (κ3) is 8.00. The lowest BCUT2D eigenvalue weighted by Gasteiger charge is -2.09. The lowest BCUT2D eigenvalue weighted by Crippen LogP contribution is -2.15. The molecule has 0 heterocycles. The van der Waals surface area contributed by atoms with Gasteiger partial charge >= 0.3 is 0 Å². The predicted molar refractivity (Wildman–Crippen MR) is 122 cm³/mol. The molecule has 6 nitrogen and oxygen atoms in total. The number of Topliss-reactive ketones (excluding diaryl/α,β-unsaturated/α-hetero) is 2. The van der Waals surface area contributed by atoms with Crippen molar-refractivity contribution in [1.82, 2.24) is 0 Å². The number of rotatable bonds is 12. The van der Waals surface area contributed by atoms with Gasteiger partial charge in [-0.3, -0.25) is 14.4 Å². The third-order valence-corrected chi connectivity index (χ3v) is 5.48. The number of nitrogens with two attached hydrogens (primary N) is 1. The van der Waals surface area contributed by atoms with Gasteiger partial charge in [-0.2, -0.15) is 11.8 Å². The molecule has 2 rings (SSSR count). The molecule has 0 saturated heterocycles. The van der Waals surface area contributed by atoms with Gasteiger partial charge in [-0.25, -0.2) is 0 Å². The number of carbonyl (C=O) groups is 3. The van der Waals surface area contributed by atoms with Gasteiger partial charge in [0.25, 0.3) is 0 Å². The number of nitrogens with one attached hydrogen (secondary N) is 1. The van der Waals surface area contributed by atoms with Gasteiger partial charge in [-0.15, -0.1) is 0 Å². The number of anilines is 2. The summed E-state index contributed by atoms with van der Waals surface area (Å²) in [6.07, 6.45) is 1.76. The SMILES string of the molecule is COCCCSCC(=O)Nc1cc(N)cc(C(=O)CCc2ccc(C(C)=O)cc2)c1. The lowest BCUT2D eigenvalue weighted by atomic mass is 10.0. The Morgan fingerprint density at radius 3 is 2.47 bits per heavy atom. The average Bonchev–Trinajstić information content (AvgIpc) is 2.71. The molecular weight excluding hydrogens is 400 g/mol. The molecule has 0 aliphatic heterocycles. The van der Waals surface area contributed by atoms with Crippen LogP contribution in [0.25, 0.3) is 0 Å². The predicted octanol–water partition coefficient (Wildman–Crippen LogP) is 4.00. The van der Waals surface area contributed by atoms with Crippen LogP contribution in [0.2, 0.25) is 0 Å². The van der Waals surface area contributed by atoms with Crippen molar-refractivity contribution >= 4 is 40.6 Å². The zero-order valence-corrected chi connectivity index (χ0v) is 18.2. The Labute approximate surface area is 181 Å². The Bertz CT molecular complexity index is 881. The van der Waals surface area contributed by atoms with E-state index in [4.69, 9.17) is 10.5 Å². The number of aryl methyl sites for hydroxylation is 1. The first-order valence-corrected chi connectivity index (χ1v) is 10.9. The van der Waals surface area contributed by atoms with E-state index in [1.54, 1.807) is 37.4 Å². The summed E-state index contributed by atoms with van der Waals surface area (Å²) >= 11 is 1.53. The zero-order chi connectivity index (χ0) is 21.9. The Morgan fingerprint density at radius 1 is 1.07 bits per heavy atom. The molecule has 0 radical (unpaired) electrons. The molecule has 0 bridgehead atoms. The summed E-state index contributed by atoms with van der Waals surface area (Å²) < 4.78 is 4.98. The van der Waals surface area contributed by atoms with E-state index in [-0.39, 0.29) is 17.5 Å². The number of ketones is 2. The number of carbonyl (C=O) groups excluding carboxylic acids is 3. The first kappa shape index (κ1) is 23.6. The van der Waals surface area contributed by atoms with Gasteiger partial charge in [0.15, 0.2) is 11.6 Å². The van der Waals surface area contributed by atoms with E-state index < -0.39 is 0 Å². The van der Waals surface area contributed by atoms with Gasteiger partial charge in [-0.1, -0.05) is 24.3 Å². The Kier molecular flexibility index (Phi) is 9.57.